The number of piperidine rings is 1. The molecule has 1 atom stereocenters. The van der Waals surface area contributed by atoms with Crippen molar-refractivity contribution in [2.45, 2.75) is 39.2 Å². The number of rotatable bonds is 3. The fourth-order valence-electron chi connectivity index (χ4n) is 2.53. The van der Waals surface area contributed by atoms with E-state index in [0.717, 1.165) is 19.4 Å². The molecule has 0 aliphatic carbocycles. The van der Waals surface area contributed by atoms with E-state index in [1.165, 1.54) is 6.42 Å². The fraction of sp³-hybridized carbons (Fsp3) is 0.533. The van der Waals surface area contributed by atoms with Gasteiger partial charge in [0.2, 0.25) is 0 Å². The lowest BCUT2D eigenvalue weighted by Gasteiger charge is -2.33. The first kappa shape index (κ1) is 13.7. The molecule has 1 fully saturated rings. The quantitative estimate of drug-likeness (QED) is 0.852. The second kappa shape index (κ2) is 5.95. The summed E-state index contributed by atoms with van der Waals surface area (Å²) in [4.78, 5) is 14.4. The maximum atomic E-state index is 12.5. The van der Waals surface area contributed by atoms with Gasteiger partial charge in [-0.05, 0) is 51.3 Å². The number of benzene rings is 1. The van der Waals surface area contributed by atoms with Crippen LogP contribution in [0.2, 0.25) is 0 Å². The summed E-state index contributed by atoms with van der Waals surface area (Å²) in [5, 5.41) is 0. The minimum absolute atomic E-state index is 0.0712. The molecule has 1 aliphatic heterocycles. The molecule has 1 amide bonds. The summed E-state index contributed by atoms with van der Waals surface area (Å²) in [7, 11) is 0. The van der Waals surface area contributed by atoms with Gasteiger partial charge in [0.1, 0.15) is 5.75 Å². The minimum Gasteiger partial charge on any atom is -0.492 e. The van der Waals surface area contributed by atoms with Crippen LogP contribution in [0.3, 0.4) is 0 Å². The number of carbonyl (C=O) groups excluding carboxylic acids is 1. The van der Waals surface area contributed by atoms with Gasteiger partial charge in [0.25, 0.3) is 5.91 Å². The molecule has 2 rings (SSSR count). The van der Waals surface area contributed by atoms with Gasteiger partial charge in [-0.25, -0.2) is 0 Å². The van der Waals surface area contributed by atoms with Gasteiger partial charge in [0, 0.05) is 18.2 Å². The Morgan fingerprint density at radius 1 is 1.47 bits per heavy atom. The first-order chi connectivity index (χ1) is 9.13. The number of anilines is 1. The molecule has 19 heavy (non-hydrogen) atoms. The molecule has 0 saturated carbocycles. The molecule has 4 heteroatoms. The number of amides is 1. The Kier molecular flexibility index (Phi) is 4.30. The van der Waals surface area contributed by atoms with Crippen molar-refractivity contribution in [2.75, 3.05) is 18.9 Å². The standard InChI is InChI=1S/C15H22N2O2/c1-3-19-14-8-7-12(10-13(14)16)15(18)17-9-5-4-6-11(17)2/h7-8,10-11H,3-6,9,16H2,1-2H3. The van der Waals surface area contributed by atoms with E-state index in [9.17, 15) is 4.79 Å². The number of hydrogen-bond acceptors (Lipinski definition) is 3. The molecule has 104 valence electrons. The van der Waals surface area contributed by atoms with Crippen molar-refractivity contribution in [2.24, 2.45) is 0 Å². The maximum absolute atomic E-state index is 12.5. The molecule has 1 aliphatic rings. The van der Waals surface area contributed by atoms with E-state index in [1.807, 2.05) is 11.8 Å². The predicted octanol–water partition coefficient (Wildman–Crippen LogP) is 2.68. The van der Waals surface area contributed by atoms with Crippen molar-refractivity contribution < 1.29 is 9.53 Å². The SMILES string of the molecule is CCOc1ccc(C(=O)N2CCCCC2C)cc1N. The van der Waals surface area contributed by atoms with E-state index in [2.05, 4.69) is 6.92 Å². The topological polar surface area (TPSA) is 55.6 Å². The fourth-order valence-corrected chi connectivity index (χ4v) is 2.53. The second-order valence-corrected chi connectivity index (χ2v) is 5.03. The van der Waals surface area contributed by atoms with Crippen LogP contribution in [0.4, 0.5) is 5.69 Å². The van der Waals surface area contributed by atoms with Crippen molar-refractivity contribution >= 4 is 11.6 Å². The summed E-state index contributed by atoms with van der Waals surface area (Å²) in [5.41, 5.74) is 7.09. The van der Waals surface area contributed by atoms with Crippen LogP contribution < -0.4 is 10.5 Å². The van der Waals surface area contributed by atoms with Gasteiger partial charge >= 0.3 is 0 Å². The Morgan fingerprint density at radius 2 is 2.26 bits per heavy atom. The van der Waals surface area contributed by atoms with Crippen LogP contribution in [0.25, 0.3) is 0 Å². The average Bonchev–Trinajstić information content (AvgIpc) is 2.41. The number of carbonyl (C=O) groups is 1. The highest BCUT2D eigenvalue weighted by molar-refractivity contribution is 5.95. The van der Waals surface area contributed by atoms with E-state index in [4.69, 9.17) is 10.5 Å². The number of hydrogen-bond donors (Lipinski definition) is 1. The van der Waals surface area contributed by atoms with Crippen LogP contribution in [0.15, 0.2) is 18.2 Å². The lowest BCUT2D eigenvalue weighted by atomic mass is 10.0. The summed E-state index contributed by atoms with van der Waals surface area (Å²) in [6, 6.07) is 5.61. The molecule has 2 N–H and O–H groups in total. The van der Waals surface area contributed by atoms with E-state index >= 15 is 0 Å². The average molecular weight is 262 g/mol. The van der Waals surface area contributed by atoms with Gasteiger partial charge in [0.15, 0.2) is 0 Å². The molecule has 4 nitrogen and oxygen atoms in total. The molecule has 1 aromatic carbocycles. The molecule has 1 heterocycles. The molecule has 0 spiro atoms. The first-order valence-corrected chi connectivity index (χ1v) is 6.96. The Balaban J connectivity index is 2.17. The molecule has 1 unspecified atom stereocenters. The van der Waals surface area contributed by atoms with Crippen LogP contribution in [-0.4, -0.2) is 30.0 Å². The van der Waals surface area contributed by atoms with Crippen LogP contribution in [0.5, 0.6) is 5.75 Å². The van der Waals surface area contributed by atoms with Crippen LogP contribution >= 0.6 is 0 Å². The van der Waals surface area contributed by atoms with Gasteiger partial charge in [-0.2, -0.15) is 0 Å². The van der Waals surface area contributed by atoms with Gasteiger partial charge in [-0.15, -0.1) is 0 Å². The smallest absolute Gasteiger partial charge is 0.254 e. The van der Waals surface area contributed by atoms with Crippen LogP contribution in [0, 0.1) is 0 Å². The van der Waals surface area contributed by atoms with Crippen molar-refractivity contribution in [1.82, 2.24) is 4.90 Å². The van der Waals surface area contributed by atoms with E-state index < -0.39 is 0 Å². The monoisotopic (exact) mass is 262 g/mol. The number of nitrogens with two attached hydrogens (primary N) is 1. The first-order valence-electron chi connectivity index (χ1n) is 6.96. The van der Waals surface area contributed by atoms with Crippen LogP contribution in [0.1, 0.15) is 43.5 Å². The minimum atomic E-state index is 0.0712. The molecule has 0 bridgehead atoms. The zero-order valence-corrected chi connectivity index (χ0v) is 11.7. The highest BCUT2D eigenvalue weighted by Crippen LogP contribution is 2.25. The Morgan fingerprint density at radius 3 is 2.89 bits per heavy atom. The zero-order valence-electron chi connectivity index (χ0n) is 11.7. The second-order valence-electron chi connectivity index (χ2n) is 5.03. The molecular weight excluding hydrogens is 240 g/mol. The third-order valence-corrected chi connectivity index (χ3v) is 3.62. The summed E-state index contributed by atoms with van der Waals surface area (Å²) >= 11 is 0. The van der Waals surface area contributed by atoms with E-state index in [0.29, 0.717) is 29.6 Å². The third kappa shape index (κ3) is 3.00. The Hall–Kier alpha value is -1.71. The number of nitrogens with zero attached hydrogens (tertiary/aromatic N) is 1. The molecule has 0 aromatic heterocycles. The van der Waals surface area contributed by atoms with Crippen molar-refractivity contribution in [3.63, 3.8) is 0 Å². The zero-order chi connectivity index (χ0) is 13.8. The molecular formula is C15H22N2O2. The summed E-state index contributed by atoms with van der Waals surface area (Å²) < 4.78 is 5.39. The summed E-state index contributed by atoms with van der Waals surface area (Å²) in [6.45, 7) is 5.43. The van der Waals surface area contributed by atoms with Gasteiger partial charge < -0.3 is 15.4 Å². The largest absolute Gasteiger partial charge is 0.492 e. The predicted molar refractivity (Wildman–Crippen MR) is 76.4 cm³/mol. The summed E-state index contributed by atoms with van der Waals surface area (Å²) in [6.07, 6.45) is 3.37. The van der Waals surface area contributed by atoms with Gasteiger partial charge in [-0.3, -0.25) is 4.79 Å². The highest BCUT2D eigenvalue weighted by atomic mass is 16.5. The van der Waals surface area contributed by atoms with Crippen LogP contribution in [-0.2, 0) is 0 Å². The third-order valence-electron chi connectivity index (χ3n) is 3.62. The summed E-state index contributed by atoms with van der Waals surface area (Å²) in [5.74, 6) is 0.715. The lowest BCUT2D eigenvalue weighted by Crippen LogP contribution is -2.42. The molecule has 1 saturated heterocycles. The number of ether oxygens (including phenoxy) is 1. The van der Waals surface area contributed by atoms with Gasteiger partial charge in [0.05, 0.1) is 12.3 Å². The Labute approximate surface area is 114 Å². The van der Waals surface area contributed by atoms with Crippen molar-refractivity contribution in [3.05, 3.63) is 23.8 Å². The molecule has 0 radical (unpaired) electrons. The van der Waals surface area contributed by atoms with E-state index in [-0.39, 0.29) is 5.91 Å². The highest BCUT2D eigenvalue weighted by Gasteiger charge is 2.24. The molecule has 1 aromatic rings. The number of nitrogen functional groups attached to an aromatic ring is 1. The number of likely N-dealkylation sites (tertiary alicyclic amines) is 1. The van der Waals surface area contributed by atoms with Crippen molar-refractivity contribution in [3.8, 4) is 5.75 Å². The van der Waals surface area contributed by atoms with E-state index in [1.54, 1.807) is 18.2 Å². The normalized spacial score (nSPS) is 19.3. The Bertz CT molecular complexity index is 459. The van der Waals surface area contributed by atoms with Gasteiger partial charge in [-0.1, -0.05) is 0 Å². The van der Waals surface area contributed by atoms with Crippen molar-refractivity contribution in [1.29, 1.82) is 0 Å². The lowest BCUT2D eigenvalue weighted by molar-refractivity contribution is 0.0635. The maximum Gasteiger partial charge on any atom is 0.254 e.